The Kier molecular flexibility index (Phi) is 3.70. The maximum atomic E-state index is 13.7. The van der Waals surface area contributed by atoms with Crippen LogP contribution in [-0.2, 0) is 0 Å². The predicted octanol–water partition coefficient (Wildman–Crippen LogP) is 2.96. The number of hydrogen-bond acceptors (Lipinski definition) is 3. The number of nitrogens with one attached hydrogen (secondary N) is 1. The van der Waals surface area contributed by atoms with E-state index >= 15 is 0 Å². The minimum atomic E-state index is -1.32. The summed E-state index contributed by atoms with van der Waals surface area (Å²) < 4.78 is 40.2. The largest absolute Gasteiger partial charge is 0.370 e. The van der Waals surface area contributed by atoms with Gasteiger partial charge in [-0.2, -0.15) is 0 Å². The predicted molar refractivity (Wildman–Crippen MR) is 65.6 cm³/mol. The van der Waals surface area contributed by atoms with E-state index < -0.39 is 34.5 Å². The fourth-order valence-corrected chi connectivity index (χ4v) is 2.23. The van der Waals surface area contributed by atoms with Crippen LogP contribution >= 0.6 is 12.2 Å². The zero-order valence-corrected chi connectivity index (χ0v) is 10.3. The number of benzene rings is 1. The zero-order chi connectivity index (χ0) is 14.2. The van der Waals surface area contributed by atoms with Crippen molar-refractivity contribution in [1.29, 1.82) is 0 Å². The van der Waals surface area contributed by atoms with Crippen molar-refractivity contribution >= 4 is 22.9 Å². The van der Waals surface area contributed by atoms with Crippen molar-refractivity contribution in [2.45, 2.75) is 25.1 Å². The molecule has 0 spiro atoms. The Hall–Kier alpha value is -1.70. The summed E-state index contributed by atoms with van der Waals surface area (Å²) in [6.07, 6.45) is -1.07. The third-order valence-corrected chi connectivity index (χ3v) is 3.31. The van der Waals surface area contributed by atoms with Gasteiger partial charge in [0.1, 0.15) is 11.2 Å². The van der Waals surface area contributed by atoms with Crippen LogP contribution in [0.4, 0.5) is 18.9 Å². The molecule has 1 aromatic rings. The van der Waals surface area contributed by atoms with Gasteiger partial charge in [0, 0.05) is 11.6 Å². The smallest absolute Gasteiger partial charge is 0.272 e. The second-order valence-electron chi connectivity index (χ2n) is 4.19. The number of nitro benzene ring substituents is 1. The molecule has 19 heavy (non-hydrogen) atoms. The number of halogens is 3. The Labute approximate surface area is 111 Å². The van der Waals surface area contributed by atoms with Gasteiger partial charge < -0.3 is 5.32 Å². The van der Waals surface area contributed by atoms with Crippen molar-refractivity contribution in [3.05, 3.63) is 39.4 Å². The molecule has 102 valence electrons. The van der Waals surface area contributed by atoms with E-state index in [-0.39, 0.29) is 23.4 Å². The van der Waals surface area contributed by atoms with E-state index in [0.29, 0.717) is 6.07 Å². The average Bonchev–Trinajstić information content (AvgIpc) is 2.35. The second kappa shape index (κ2) is 5.12. The van der Waals surface area contributed by atoms with Crippen LogP contribution in [0.3, 0.4) is 0 Å². The lowest BCUT2D eigenvalue weighted by Crippen LogP contribution is -2.39. The van der Waals surface area contributed by atoms with E-state index in [9.17, 15) is 23.3 Å². The molecule has 1 aliphatic rings. The van der Waals surface area contributed by atoms with E-state index in [1.807, 2.05) is 0 Å². The fourth-order valence-electron chi connectivity index (χ4n) is 1.97. The monoisotopic (exact) mass is 290 g/mol. The lowest BCUT2D eigenvalue weighted by Gasteiger charge is -2.28. The van der Waals surface area contributed by atoms with Crippen LogP contribution in [-0.4, -0.2) is 16.1 Å². The van der Waals surface area contributed by atoms with Crippen LogP contribution in [0, 0.1) is 21.7 Å². The number of rotatable bonds is 2. The number of hydrogen-bond donors (Lipinski definition) is 1. The summed E-state index contributed by atoms with van der Waals surface area (Å²) in [6.45, 7) is 0. The van der Waals surface area contributed by atoms with Gasteiger partial charge in [-0.3, -0.25) is 10.1 Å². The topological polar surface area (TPSA) is 55.2 Å². The van der Waals surface area contributed by atoms with Gasteiger partial charge in [-0.25, -0.2) is 13.2 Å². The third kappa shape index (κ3) is 2.67. The molecule has 0 aromatic heterocycles. The number of thiocarbonyl (C=S) groups is 1. The molecule has 1 heterocycles. The molecule has 0 amide bonds. The highest BCUT2D eigenvalue weighted by Gasteiger charge is 2.29. The van der Waals surface area contributed by atoms with E-state index in [1.54, 1.807) is 0 Å². The van der Waals surface area contributed by atoms with Crippen molar-refractivity contribution in [1.82, 2.24) is 5.32 Å². The summed E-state index contributed by atoms with van der Waals surface area (Å²) in [5.41, 5.74) is -0.759. The summed E-state index contributed by atoms with van der Waals surface area (Å²) in [4.78, 5) is 9.72. The van der Waals surface area contributed by atoms with Crippen molar-refractivity contribution in [3.8, 4) is 0 Å². The molecule has 0 saturated carbocycles. The quantitative estimate of drug-likeness (QED) is 0.517. The first-order chi connectivity index (χ1) is 8.90. The van der Waals surface area contributed by atoms with Crippen molar-refractivity contribution in [2.75, 3.05) is 0 Å². The van der Waals surface area contributed by atoms with Crippen LogP contribution < -0.4 is 5.32 Å². The fraction of sp³-hybridized carbons (Fsp3) is 0.364. The number of piperidine rings is 1. The molecule has 2 unspecified atom stereocenters. The van der Waals surface area contributed by atoms with E-state index in [4.69, 9.17) is 12.2 Å². The van der Waals surface area contributed by atoms with Crippen LogP contribution in [0.1, 0.15) is 24.4 Å². The molecular weight excluding hydrogens is 281 g/mol. The van der Waals surface area contributed by atoms with Crippen LogP contribution in [0.5, 0.6) is 0 Å². The summed E-state index contributed by atoms with van der Waals surface area (Å²) >= 11 is 4.73. The molecule has 1 N–H and O–H groups in total. The molecule has 1 fully saturated rings. The van der Waals surface area contributed by atoms with Crippen molar-refractivity contribution < 1.29 is 18.1 Å². The lowest BCUT2D eigenvalue weighted by atomic mass is 9.95. The standard InChI is InChI=1S/C11H9F3N2O2S/c12-7-1-2-9(15-11(7)19)6-3-5(16(17)18)4-8(13)10(6)14/h3-4,7,9H,1-2H2,(H,15,19). The van der Waals surface area contributed by atoms with Gasteiger partial charge in [0.25, 0.3) is 5.69 Å². The Bertz CT molecular complexity index is 553. The molecule has 0 radical (unpaired) electrons. The first-order valence-corrected chi connectivity index (χ1v) is 5.88. The zero-order valence-electron chi connectivity index (χ0n) is 9.53. The van der Waals surface area contributed by atoms with E-state index in [0.717, 1.165) is 6.07 Å². The SMILES string of the molecule is O=[N+]([O-])c1cc(F)c(F)c(C2CCC(F)C(=S)N2)c1. The Morgan fingerprint density at radius 2 is 2.05 bits per heavy atom. The highest BCUT2D eigenvalue weighted by molar-refractivity contribution is 7.80. The van der Waals surface area contributed by atoms with Crippen LogP contribution in [0.15, 0.2) is 12.1 Å². The number of non-ortho nitro benzene ring substituents is 1. The van der Waals surface area contributed by atoms with Gasteiger partial charge in [0.2, 0.25) is 0 Å². The second-order valence-corrected chi connectivity index (χ2v) is 4.63. The van der Waals surface area contributed by atoms with Gasteiger partial charge in [-0.15, -0.1) is 0 Å². The first kappa shape index (κ1) is 13.7. The van der Waals surface area contributed by atoms with Gasteiger partial charge >= 0.3 is 0 Å². The number of nitrogens with zero attached hydrogens (tertiary/aromatic N) is 1. The summed E-state index contributed by atoms with van der Waals surface area (Å²) in [7, 11) is 0. The maximum Gasteiger partial charge on any atom is 0.272 e. The van der Waals surface area contributed by atoms with E-state index in [2.05, 4.69) is 5.32 Å². The molecule has 2 atom stereocenters. The Balaban J connectivity index is 2.39. The molecule has 1 aromatic carbocycles. The van der Waals surface area contributed by atoms with Crippen molar-refractivity contribution in [2.24, 2.45) is 0 Å². The average molecular weight is 290 g/mol. The maximum absolute atomic E-state index is 13.7. The summed E-state index contributed by atoms with van der Waals surface area (Å²) in [6, 6.07) is 0.698. The van der Waals surface area contributed by atoms with Gasteiger partial charge in [0.05, 0.1) is 17.0 Å². The molecule has 2 rings (SSSR count). The van der Waals surface area contributed by atoms with Gasteiger partial charge in [0.15, 0.2) is 11.6 Å². The minimum Gasteiger partial charge on any atom is -0.370 e. The Morgan fingerprint density at radius 1 is 1.37 bits per heavy atom. The minimum absolute atomic E-state index is 0.0697. The molecule has 0 bridgehead atoms. The van der Waals surface area contributed by atoms with E-state index in [1.165, 1.54) is 0 Å². The normalized spacial score (nSPS) is 23.0. The number of alkyl halides is 1. The van der Waals surface area contributed by atoms with Gasteiger partial charge in [-0.05, 0) is 12.8 Å². The van der Waals surface area contributed by atoms with Crippen LogP contribution in [0.25, 0.3) is 0 Å². The Morgan fingerprint density at radius 3 is 2.63 bits per heavy atom. The molecule has 8 heteroatoms. The molecule has 1 saturated heterocycles. The molecular formula is C11H9F3N2O2S. The highest BCUT2D eigenvalue weighted by atomic mass is 32.1. The summed E-state index contributed by atoms with van der Waals surface area (Å²) in [5, 5.41) is 13.2. The molecule has 0 aliphatic carbocycles. The summed E-state index contributed by atoms with van der Waals surface area (Å²) in [5.74, 6) is -2.48. The highest BCUT2D eigenvalue weighted by Crippen LogP contribution is 2.31. The van der Waals surface area contributed by atoms with Gasteiger partial charge in [-0.1, -0.05) is 12.2 Å². The molecule has 1 aliphatic heterocycles. The van der Waals surface area contributed by atoms with Crippen molar-refractivity contribution in [3.63, 3.8) is 0 Å². The first-order valence-electron chi connectivity index (χ1n) is 5.48. The van der Waals surface area contributed by atoms with Crippen LogP contribution in [0.2, 0.25) is 0 Å². The molecule has 4 nitrogen and oxygen atoms in total. The third-order valence-electron chi connectivity index (χ3n) is 2.94. The lowest BCUT2D eigenvalue weighted by molar-refractivity contribution is -0.385. The number of nitro groups is 1.